The first-order chi connectivity index (χ1) is 16.1. The number of ether oxygens (including phenoxy) is 2. The summed E-state index contributed by atoms with van der Waals surface area (Å²) >= 11 is 9.89. The molecule has 0 amide bonds. The summed E-state index contributed by atoms with van der Waals surface area (Å²) in [5, 5.41) is 56.7. The number of hydrogen-bond donors (Lipinski definition) is 8. The molecule has 188 valence electrons. The molecule has 0 spiro atoms. The van der Waals surface area contributed by atoms with Crippen molar-refractivity contribution in [3.05, 3.63) is 44.4 Å². The zero-order valence-electron chi connectivity index (χ0n) is 17.5. The largest absolute Gasteiger partial charge is 0.394 e. The van der Waals surface area contributed by atoms with Gasteiger partial charge in [0, 0.05) is 18.5 Å². The van der Waals surface area contributed by atoms with Gasteiger partial charge in [-0.05, 0) is 30.5 Å². The van der Waals surface area contributed by atoms with E-state index in [1.165, 1.54) is 33.7 Å². The summed E-state index contributed by atoms with van der Waals surface area (Å²) in [5.41, 5.74) is 5.09. The smallest absolute Gasteiger partial charge is 0.251 e. The van der Waals surface area contributed by atoms with Crippen LogP contribution in [-0.4, -0.2) is 99.6 Å². The van der Waals surface area contributed by atoms with Gasteiger partial charge in [-0.2, -0.15) is 0 Å². The maximum atomic E-state index is 11.0. The van der Waals surface area contributed by atoms with Crippen LogP contribution in [-0.2, 0) is 9.47 Å². The third-order valence-electron chi connectivity index (χ3n) is 5.29. The van der Waals surface area contributed by atoms with Crippen LogP contribution < -0.4 is 11.3 Å². The Kier molecular flexibility index (Phi) is 8.63. The number of aliphatic hydroxyl groups excluding tert-OH is 6. The molecular formula is C18H25N5O9S2. The van der Waals surface area contributed by atoms with Gasteiger partial charge in [0.25, 0.3) is 5.56 Å². The summed E-state index contributed by atoms with van der Waals surface area (Å²) in [7, 11) is 0. The van der Waals surface area contributed by atoms with Crippen LogP contribution in [0.15, 0.2) is 29.3 Å². The molecule has 8 atom stereocenters. The van der Waals surface area contributed by atoms with E-state index < -0.39 is 55.7 Å². The van der Waals surface area contributed by atoms with E-state index in [0.29, 0.717) is 0 Å². The van der Waals surface area contributed by atoms with Crippen molar-refractivity contribution in [2.45, 2.75) is 49.1 Å². The molecular weight excluding hydrogens is 494 g/mol. The Labute approximate surface area is 202 Å². The highest BCUT2D eigenvalue weighted by Crippen LogP contribution is 2.30. The lowest BCUT2D eigenvalue weighted by atomic mass is 10.1. The van der Waals surface area contributed by atoms with Crippen LogP contribution in [0.1, 0.15) is 12.5 Å². The lowest BCUT2D eigenvalue weighted by molar-refractivity contribution is -0.0541. The lowest BCUT2D eigenvalue weighted by Gasteiger charge is -2.18. The van der Waals surface area contributed by atoms with Crippen molar-refractivity contribution >= 4 is 30.3 Å². The fourth-order valence-electron chi connectivity index (χ4n) is 3.47. The Morgan fingerprint density at radius 1 is 0.912 bits per heavy atom. The van der Waals surface area contributed by atoms with E-state index in [2.05, 4.69) is 9.97 Å². The molecule has 14 nitrogen and oxygen atoms in total. The molecule has 0 bridgehead atoms. The van der Waals surface area contributed by atoms with E-state index in [1.807, 2.05) is 0 Å². The number of nitrogens with zero attached hydrogens (tertiary/aromatic N) is 3. The van der Waals surface area contributed by atoms with Gasteiger partial charge in [-0.1, -0.05) is 0 Å². The number of nitrogens with two attached hydrogens (primary N) is 1. The minimum absolute atomic E-state index is 0.0762. The van der Waals surface area contributed by atoms with Crippen molar-refractivity contribution in [2.24, 2.45) is 0 Å². The van der Waals surface area contributed by atoms with Crippen molar-refractivity contribution in [1.29, 1.82) is 0 Å². The Morgan fingerprint density at radius 3 is 1.85 bits per heavy atom. The van der Waals surface area contributed by atoms with Crippen molar-refractivity contribution in [3.8, 4) is 0 Å². The van der Waals surface area contributed by atoms with Crippen LogP contribution in [0.3, 0.4) is 0 Å². The number of nitrogen functional groups attached to an aromatic ring is 1. The maximum Gasteiger partial charge on any atom is 0.251 e. The lowest BCUT2D eigenvalue weighted by Crippen LogP contribution is -2.33. The van der Waals surface area contributed by atoms with Gasteiger partial charge in [-0.3, -0.25) is 18.9 Å². The predicted octanol–water partition coefficient (Wildman–Crippen LogP) is -2.68. The van der Waals surface area contributed by atoms with Gasteiger partial charge in [-0.15, -0.1) is 0 Å². The molecule has 0 aromatic carbocycles. The first-order valence-corrected chi connectivity index (χ1v) is 10.8. The number of H-pyrrole nitrogens is 1. The quantitative estimate of drug-likeness (QED) is 0.193. The Morgan fingerprint density at radius 2 is 1.41 bits per heavy atom. The van der Waals surface area contributed by atoms with Gasteiger partial charge in [0.1, 0.15) is 42.4 Å². The first kappa shape index (κ1) is 26.5. The van der Waals surface area contributed by atoms with Crippen molar-refractivity contribution < 1.29 is 40.1 Å². The molecule has 2 aromatic heterocycles. The molecule has 2 aromatic rings. The number of aromatic nitrogens is 4. The highest BCUT2D eigenvalue weighted by atomic mass is 32.1. The molecule has 9 N–H and O–H groups in total. The molecule has 4 rings (SSSR count). The Balaban J connectivity index is 0.000000191. The van der Waals surface area contributed by atoms with E-state index in [-0.39, 0.29) is 27.5 Å². The zero-order chi connectivity index (χ0) is 25.2. The number of aromatic amines is 1. The summed E-state index contributed by atoms with van der Waals surface area (Å²) < 4.78 is 13.5. The Bertz CT molecular complexity index is 1160. The third-order valence-corrected chi connectivity index (χ3v) is 5.90. The molecule has 2 fully saturated rings. The van der Waals surface area contributed by atoms with E-state index in [1.54, 1.807) is 0 Å². The third kappa shape index (κ3) is 5.41. The zero-order valence-corrected chi connectivity index (χ0v) is 19.1. The molecule has 0 radical (unpaired) electrons. The number of anilines is 1. The standard InChI is InChI=1S/C9H13N3O4S.C9H12N2O5S/c10-5-1-2-12(9(17)11-5)8-7(15)6(14)4(3-13)16-8;12-3-4-6(14)7(15)8(16-4)11-2-1-5(13)10-9(11)17/h1-2,4,6-8,13-15H,3H2,(H2,10,11,17);1-2,4,6-8,12,14-15H,3H2,(H,10,13,17)/t2*4-,6-,7-,8-/m11/s1. The summed E-state index contributed by atoms with van der Waals surface area (Å²) in [6, 6.07) is 2.73. The normalized spacial score (nSPS) is 32.9. The second kappa shape index (κ2) is 11.1. The van der Waals surface area contributed by atoms with Crippen LogP contribution >= 0.6 is 24.4 Å². The fraction of sp³-hybridized carbons (Fsp3) is 0.556. The molecule has 2 aliphatic heterocycles. The second-order valence-corrected chi connectivity index (χ2v) is 8.27. The van der Waals surface area contributed by atoms with Crippen LogP contribution in [0.4, 0.5) is 5.82 Å². The summed E-state index contributed by atoms with van der Waals surface area (Å²) in [6.45, 7) is -0.796. The fourth-order valence-corrected chi connectivity index (χ4v) is 4.00. The SMILES string of the molecule is Nc1ccn([C@@H]2O[C@H](CO)[C@@H](O)[C@H]2O)c(=S)n1.O=c1ccn([C@@H]2O[C@H](CO)[C@@H](O)[C@H]2O)c(=S)[nH]1. The molecule has 0 saturated carbocycles. The predicted molar refractivity (Wildman–Crippen MR) is 119 cm³/mol. The number of aliphatic hydroxyl groups is 6. The van der Waals surface area contributed by atoms with E-state index >= 15 is 0 Å². The van der Waals surface area contributed by atoms with Gasteiger partial charge in [0.05, 0.1) is 13.2 Å². The van der Waals surface area contributed by atoms with E-state index in [0.717, 1.165) is 0 Å². The molecule has 4 heterocycles. The molecule has 34 heavy (non-hydrogen) atoms. The van der Waals surface area contributed by atoms with Crippen LogP contribution in [0, 0.1) is 9.54 Å². The number of hydrogen-bond acceptors (Lipinski definition) is 13. The number of nitrogens with one attached hydrogen (secondary N) is 1. The Hall–Kier alpha value is -2.12. The molecule has 2 saturated heterocycles. The monoisotopic (exact) mass is 519 g/mol. The molecule has 0 unspecified atom stereocenters. The van der Waals surface area contributed by atoms with Gasteiger partial charge in [0.15, 0.2) is 17.2 Å². The van der Waals surface area contributed by atoms with Crippen molar-refractivity contribution in [2.75, 3.05) is 18.9 Å². The van der Waals surface area contributed by atoms with Gasteiger partial charge < -0.3 is 45.8 Å². The van der Waals surface area contributed by atoms with Gasteiger partial charge in [0.2, 0.25) is 4.77 Å². The van der Waals surface area contributed by atoms with Crippen LogP contribution in [0.5, 0.6) is 0 Å². The highest BCUT2D eigenvalue weighted by Gasteiger charge is 2.44. The van der Waals surface area contributed by atoms with Gasteiger partial charge in [-0.25, -0.2) is 4.98 Å². The highest BCUT2D eigenvalue weighted by molar-refractivity contribution is 7.71. The summed E-state index contributed by atoms with van der Waals surface area (Å²) in [6.07, 6.45) is -5.38. The average molecular weight is 520 g/mol. The molecule has 16 heteroatoms. The van der Waals surface area contributed by atoms with Crippen molar-refractivity contribution in [1.82, 2.24) is 19.1 Å². The maximum absolute atomic E-state index is 11.0. The molecule has 0 aliphatic carbocycles. The summed E-state index contributed by atoms with van der Waals surface area (Å²) in [5.74, 6) is 0.262. The summed E-state index contributed by atoms with van der Waals surface area (Å²) in [4.78, 5) is 17.2. The van der Waals surface area contributed by atoms with E-state index in [9.17, 15) is 25.2 Å². The van der Waals surface area contributed by atoms with Gasteiger partial charge >= 0.3 is 0 Å². The van der Waals surface area contributed by atoms with Crippen LogP contribution in [0.2, 0.25) is 0 Å². The topological polar surface area (TPSA) is 221 Å². The van der Waals surface area contributed by atoms with Crippen LogP contribution in [0.25, 0.3) is 0 Å². The van der Waals surface area contributed by atoms with E-state index in [4.69, 9.17) is 49.9 Å². The average Bonchev–Trinajstić information content (AvgIpc) is 3.24. The minimum Gasteiger partial charge on any atom is -0.394 e. The second-order valence-electron chi connectivity index (χ2n) is 7.52. The molecule has 2 aliphatic rings. The first-order valence-electron chi connectivity index (χ1n) is 10.00. The number of rotatable bonds is 4. The van der Waals surface area contributed by atoms with Crippen molar-refractivity contribution in [3.63, 3.8) is 0 Å². The minimum atomic E-state index is -1.22.